The lowest BCUT2D eigenvalue weighted by molar-refractivity contribution is 0.102. The van der Waals surface area contributed by atoms with Gasteiger partial charge in [-0.1, -0.05) is 29.4 Å². The zero-order valence-electron chi connectivity index (χ0n) is 15.5. The molecule has 0 radical (unpaired) electrons. The van der Waals surface area contributed by atoms with Crippen LogP contribution < -0.4 is 11.1 Å². The molecule has 0 saturated carbocycles. The van der Waals surface area contributed by atoms with Crippen LogP contribution in [0.25, 0.3) is 33.8 Å². The summed E-state index contributed by atoms with van der Waals surface area (Å²) >= 11 is 0. The Morgan fingerprint density at radius 1 is 0.867 bits per heavy atom. The van der Waals surface area contributed by atoms with Crippen LogP contribution in [0.15, 0.2) is 82.1 Å². The molecule has 0 unspecified atom stereocenters. The normalized spacial score (nSPS) is 10.9. The Morgan fingerprint density at radius 2 is 1.70 bits per heavy atom. The largest absolute Gasteiger partial charge is 0.439 e. The Hall–Kier alpha value is -4.46. The van der Waals surface area contributed by atoms with E-state index < -0.39 is 5.76 Å². The number of aromatic amines is 2. The minimum atomic E-state index is -0.649. The van der Waals surface area contributed by atoms with E-state index in [2.05, 4.69) is 29.9 Å². The first-order valence-electron chi connectivity index (χ1n) is 9.19. The van der Waals surface area contributed by atoms with Gasteiger partial charge in [0.15, 0.2) is 5.82 Å². The highest BCUT2D eigenvalue weighted by Gasteiger charge is 2.11. The van der Waals surface area contributed by atoms with Gasteiger partial charge in [-0.05, 0) is 48.5 Å². The molecule has 0 aliphatic rings. The molecule has 1 amide bonds. The molecule has 3 aromatic carbocycles. The fraction of sp³-hybridized carbons (Fsp3) is 0. The van der Waals surface area contributed by atoms with Crippen LogP contribution in [-0.2, 0) is 0 Å². The number of fused-ring (bicyclic) bond motifs is 1. The number of H-pyrrole nitrogens is 2. The number of imidazole rings is 1. The Morgan fingerprint density at radius 3 is 2.47 bits per heavy atom. The third-order valence-corrected chi connectivity index (χ3v) is 4.64. The van der Waals surface area contributed by atoms with Crippen LogP contribution in [0, 0.1) is 0 Å². The van der Waals surface area contributed by atoms with E-state index in [0.29, 0.717) is 16.8 Å². The lowest BCUT2D eigenvalue weighted by atomic mass is 10.1. The minimum absolute atomic E-state index is 0.268. The summed E-state index contributed by atoms with van der Waals surface area (Å²) < 4.78 is 4.51. The number of carbonyl (C=O) groups is 1. The summed E-state index contributed by atoms with van der Waals surface area (Å²) in [6.07, 6.45) is 0. The van der Waals surface area contributed by atoms with Crippen molar-refractivity contribution in [3.8, 4) is 22.8 Å². The predicted molar refractivity (Wildman–Crippen MR) is 112 cm³/mol. The van der Waals surface area contributed by atoms with Gasteiger partial charge in [0.1, 0.15) is 5.82 Å². The number of aromatic nitrogens is 4. The van der Waals surface area contributed by atoms with E-state index in [1.54, 1.807) is 24.3 Å². The van der Waals surface area contributed by atoms with Gasteiger partial charge in [-0.3, -0.25) is 14.3 Å². The lowest BCUT2D eigenvalue weighted by Gasteiger charge is -2.07. The fourth-order valence-electron chi connectivity index (χ4n) is 3.17. The molecule has 5 rings (SSSR count). The van der Waals surface area contributed by atoms with Crippen LogP contribution in [0.4, 0.5) is 5.69 Å². The van der Waals surface area contributed by atoms with E-state index in [9.17, 15) is 9.59 Å². The molecule has 0 aliphatic heterocycles. The molecule has 0 bridgehead atoms. The average Bonchev–Trinajstić information content (AvgIpc) is 3.40. The van der Waals surface area contributed by atoms with Gasteiger partial charge in [0.05, 0.1) is 11.0 Å². The van der Waals surface area contributed by atoms with Crippen molar-refractivity contribution >= 4 is 22.6 Å². The van der Waals surface area contributed by atoms with Gasteiger partial charge < -0.3 is 10.3 Å². The molecule has 8 nitrogen and oxygen atoms in total. The Kier molecular flexibility index (Phi) is 4.21. The van der Waals surface area contributed by atoms with Crippen molar-refractivity contribution < 1.29 is 9.32 Å². The van der Waals surface area contributed by atoms with Crippen LogP contribution in [0.3, 0.4) is 0 Å². The average molecular weight is 397 g/mol. The number of benzene rings is 3. The van der Waals surface area contributed by atoms with Crippen LogP contribution in [0.2, 0.25) is 0 Å². The van der Waals surface area contributed by atoms with E-state index in [1.165, 1.54) is 0 Å². The van der Waals surface area contributed by atoms with E-state index in [1.807, 2.05) is 48.5 Å². The molecule has 0 spiro atoms. The van der Waals surface area contributed by atoms with Gasteiger partial charge in [-0.15, -0.1) is 0 Å². The van der Waals surface area contributed by atoms with Crippen LogP contribution in [0.5, 0.6) is 0 Å². The second-order valence-corrected chi connectivity index (χ2v) is 6.66. The lowest BCUT2D eigenvalue weighted by Crippen LogP contribution is -2.11. The molecule has 0 fully saturated rings. The number of amides is 1. The molecule has 2 heterocycles. The Bertz CT molecular complexity index is 1380. The molecule has 8 heteroatoms. The molecule has 146 valence electrons. The van der Waals surface area contributed by atoms with Crippen molar-refractivity contribution in [1.29, 1.82) is 0 Å². The molecule has 0 saturated heterocycles. The summed E-state index contributed by atoms with van der Waals surface area (Å²) in [4.78, 5) is 34.1. The summed E-state index contributed by atoms with van der Waals surface area (Å²) in [5, 5.41) is 6.50. The van der Waals surface area contributed by atoms with E-state index in [0.717, 1.165) is 22.4 Å². The third-order valence-electron chi connectivity index (χ3n) is 4.64. The van der Waals surface area contributed by atoms with Gasteiger partial charge in [0, 0.05) is 22.4 Å². The van der Waals surface area contributed by atoms with Crippen molar-refractivity contribution in [2.24, 2.45) is 0 Å². The molecule has 2 aromatic heterocycles. The fourth-order valence-corrected chi connectivity index (χ4v) is 3.17. The maximum Gasteiger partial charge on any atom is 0.439 e. The predicted octanol–water partition coefficient (Wildman–Crippen LogP) is 3.83. The number of carbonyl (C=O) groups excluding carboxylic acids is 1. The number of para-hydroxylation sites is 2. The maximum atomic E-state index is 12.6. The maximum absolute atomic E-state index is 12.6. The first kappa shape index (κ1) is 17.6. The number of hydrogen-bond donors (Lipinski definition) is 3. The monoisotopic (exact) mass is 397 g/mol. The SMILES string of the molecule is O=C(Nc1ccc(-c2nc3ccccc3[nH]2)cc1)c1cccc(-c2noc(=O)[nH]2)c1. The smallest absolute Gasteiger partial charge is 0.338 e. The summed E-state index contributed by atoms with van der Waals surface area (Å²) in [6.45, 7) is 0. The van der Waals surface area contributed by atoms with Gasteiger partial charge in [-0.25, -0.2) is 9.78 Å². The van der Waals surface area contributed by atoms with Crippen LogP contribution in [0.1, 0.15) is 10.4 Å². The number of hydrogen-bond acceptors (Lipinski definition) is 5. The minimum Gasteiger partial charge on any atom is -0.338 e. The Balaban J connectivity index is 1.34. The first-order chi connectivity index (χ1) is 14.7. The summed E-state index contributed by atoms with van der Waals surface area (Å²) in [6, 6.07) is 22.0. The molecular weight excluding hydrogens is 382 g/mol. The molecule has 0 atom stereocenters. The van der Waals surface area contributed by atoms with Crippen molar-refractivity contribution in [2.45, 2.75) is 0 Å². The molecule has 3 N–H and O–H groups in total. The third kappa shape index (κ3) is 3.37. The molecular formula is C22H15N5O3. The van der Waals surface area contributed by atoms with E-state index in [-0.39, 0.29) is 11.7 Å². The molecule has 30 heavy (non-hydrogen) atoms. The van der Waals surface area contributed by atoms with Gasteiger partial charge >= 0.3 is 5.76 Å². The van der Waals surface area contributed by atoms with Crippen molar-refractivity contribution in [3.05, 3.63) is 88.9 Å². The highest BCUT2D eigenvalue weighted by Crippen LogP contribution is 2.22. The zero-order chi connectivity index (χ0) is 20.5. The van der Waals surface area contributed by atoms with Crippen LogP contribution >= 0.6 is 0 Å². The number of nitrogens with zero attached hydrogens (tertiary/aromatic N) is 2. The van der Waals surface area contributed by atoms with Crippen molar-refractivity contribution in [2.75, 3.05) is 5.32 Å². The standard InChI is InChI=1S/C22H15N5O3/c28-21(15-5-3-4-14(12-15)20-26-22(29)30-27-20)23-16-10-8-13(9-11-16)19-24-17-6-1-2-7-18(17)25-19/h1-12H,(H,23,28)(H,24,25)(H,26,27,29). The van der Waals surface area contributed by atoms with Gasteiger partial charge in [0.25, 0.3) is 5.91 Å². The van der Waals surface area contributed by atoms with Crippen molar-refractivity contribution in [1.82, 2.24) is 20.1 Å². The highest BCUT2D eigenvalue weighted by atomic mass is 16.5. The quantitative estimate of drug-likeness (QED) is 0.426. The van der Waals surface area contributed by atoms with Gasteiger partial charge in [-0.2, -0.15) is 0 Å². The number of rotatable bonds is 4. The number of anilines is 1. The van der Waals surface area contributed by atoms with Gasteiger partial charge in [0.2, 0.25) is 0 Å². The number of nitrogens with one attached hydrogen (secondary N) is 3. The summed E-state index contributed by atoms with van der Waals surface area (Å²) in [7, 11) is 0. The second-order valence-electron chi connectivity index (χ2n) is 6.66. The second kappa shape index (κ2) is 7.17. The molecule has 5 aromatic rings. The topological polar surface area (TPSA) is 117 Å². The van der Waals surface area contributed by atoms with Crippen LogP contribution in [-0.4, -0.2) is 26.0 Å². The zero-order valence-corrected chi connectivity index (χ0v) is 15.5. The highest BCUT2D eigenvalue weighted by molar-refractivity contribution is 6.05. The first-order valence-corrected chi connectivity index (χ1v) is 9.19. The summed E-state index contributed by atoms with van der Waals surface area (Å²) in [5.74, 6) is 0.108. The van der Waals surface area contributed by atoms with E-state index in [4.69, 9.17) is 0 Å². The van der Waals surface area contributed by atoms with Crippen molar-refractivity contribution in [3.63, 3.8) is 0 Å². The van der Waals surface area contributed by atoms with E-state index >= 15 is 0 Å². The molecule has 0 aliphatic carbocycles. The summed E-state index contributed by atoms with van der Waals surface area (Å²) in [5.41, 5.74) is 4.45. The Labute approximate surface area is 169 Å².